The van der Waals surface area contributed by atoms with Crippen molar-refractivity contribution in [2.45, 2.75) is 50.6 Å². The van der Waals surface area contributed by atoms with Crippen LogP contribution in [0.2, 0.25) is 0 Å². The average molecular weight is 358 g/mol. The lowest BCUT2D eigenvalue weighted by atomic mass is 9.78. The molecule has 0 unspecified atom stereocenters. The van der Waals surface area contributed by atoms with E-state index in [1.807, 2.05) is 18.0 Å². The summed E-state index contributed by atoms with van der Waals surface area (Å²) in [4.78, 5) is 13.3. The molecule has 3 nitrogen and oxygen atoms in total. The van der Waals surface area contributed by atoms with Gasteiger partial charge in [0.2, 0.25) is 0 Å². The summed E-state index contributed by atoms with van der Waals surface area (Å²) in [5.74, 6) is -1.03. The molecule has 116 valence electrons. The van der Waals surface area contributed by atoms with Gasteiger partial charge in [0.05, 0.1) is 6.42 Å². The van der Waals surface area contributed by atoms with Gasteiger partial charge in [0.25, 0.3) is 0 Å². The molecule has 0 heterocycles. The number of halogens is 2. The summed E-state index contributed by atoms with van der Waals surface area (Å²) in [6.07, 6.45) is 5.10. The zero-order valence-corrected chi connectivity index (χ0v) is 13.8. The van der Waals surface area contributed by atoms with Crippen molar-refractivity contribution < 1.29 is 14.3 Å². The van der Waals surface area contributed by atoms with Crippen molar-refractivity contribution in [1.82, 2.24) is 4.90 Å². The van der Waals surface area contributed by atoms with E-state index in [2.05, 4.69) is 15.9 Å². The molecule has 1 saturated carbocycles. The van der Waals surface area contributed by atoms with Gasteiger partial charge in [0.15, 0.2) is 0 Å². The molecular weight excluding hydrogens is 337 g/mol. The minimum Gasteiger partial charge on any atom is -0.481 e. The van der Waals surface area contributed by atoms with Gasteiger partial charge < -0.3 is 5.11 Å². The maximum atomic E-state index is 14.0. The monoisotopic (exact) mass is 357 g/mol. The van der Waals surface area contributed by atoms with E-state index < -0.39 is 5.97 Å². The fourth-order valence-electron chi connectivity index (χ4n) is 3.26. The topological polar surface area (TPSA) is 40.5 Å². The molecule has 1 aromatic rings. The molecular formula is C16H21BrFNO2. The van der Waals surface area contributed by atoms with Crippen molar-refractivity contribution in [2.24, 2.45) is 0 Å². The quantitative estimate of drug-likeness (QED) is 0.858. The average Bonchev–Trinajstić information content (AvgIpc) is 2.42. The summed E-state index contributed by atoms with van der Waals surface area (Å²) in [5, 5.41) is 9.23. The number of rotatable bonds is 5. The third-order valence-electron chi connectivity index (χ3n) is 4.50. The molecule has 21 heavy (non-hydrogen) atoms. The zero-order chi connectivity index (χ0) is 15.5. The lowest BCUT2D eigenvalue weighted by Crippen LogP contribution is -2.49. The lowest BCUT2D eigenvalue weighted by molar-refractivity contribution is -0.141. The minimum atomic E-state index is -0.778. The third-order valence-corrected chi connectivity index (χ3v) is 4.99. The van der Waals surface area contributed by atoms with E-state index in [4.69, 9.17) is 0 Å². The highest BCUT2D eigenvalue weighted by Gasteiger charge is 2.38. The maximum absolute atomic E-state index is 14.0. The van der Waals surface area contributed by atoms with E-state index in [0.29, 0.717) is 16.6 Å². The Hall–Kier alpha value is -0.940. The van der Waals surface area contributed by atoms with E-state index in [1.54, 1.807) is 6.07 Å². The smallest absolute Gasteiger partial charge is 0.305 e. The minimum absolute atomic E-state index is 0.127. The number of nitrogens with zero attached hydrogens (tertiary/aromatic N) is 1. The molecule has 1 fully saturated rings. The second-order valence-electron chi connectivity index (χ2n) is 5.95. The van der Waals surface area contributed by atoms with Gasteiger partial charge in [-0.25, -0.2) is 4.39 Å². The van der Waals surface area contributed by atoms with Crippen molar-refractivity contribution in [3.63, 3.8) is 0 Å². The summed E-state index contributed by atoms with van der Waals surface area (Å²) < 4.78 is 14.7. The number of carboxylic acids is 1. The molecule has 1 N–H and O–H groups in total. The maximum Gasteiger partial charge on any atom is 0.305 e. The van der Waals surface area contributed by atoms with E-state index in [1.165, 1.54) is 6.07 Å². The van der Waals surface area contributed by atoms with Gasteiger partial charge in [0, 0.05) is 22.1 Å². The predicted octanol–water partition coefficient (Wildman–Crippen LogP) is 4.20. The van der Waals surface area contributed by atoms with Crippen LogP contribution < -0.4 is 0 Å². The van der Waals surface area contributed by atoms with Crippen molar-refractivity contribution in [1.29, 1.82) is 0 Å². The number of benzene rings is 1. The van der Waals surface area contributed by atoms with Crippen LogP contribution in [0.4, 0.5) is 4.39 Å². The van der Waals surface area contributed by atoms with Gasteiger partial charge in [-0.05, 0) is 32.0 Å². The highest BCUT2D eigenvalue weighted by molar-refractivity contribution is 9.10. The SMILES string of the molecule is CN(Cc1ccc(Br)cc1F)C1(CC(=O)O)CCCCC1. The Balaban J connectivity index is 2.17. The van der Waals surface area contributed by atoms with Gasteiger partial charge in [-0.2, -0.15) is 0 Å². The zero-order valence-electron chi connectivity index (χ0n) is 12.2. The van der Waals surface area contributed by atoms with Crippen LogP contribution in [0.1, 0.15) is 44.1 Å². The second kappa shape index (κ2) is 6.88. The first kappa shape index (κ1) is 16.4. The molecule has 1 aromatic carbocycles. The molecule has 0 amide bonds. The number of aliphatic carboxylic acids is 1. The molecule has 0 spiro atoms. The largest absolute Gasteiger partial charge is 0.481 e. The van der Waals surface area contributed by atoms with Crippen LogP contribution in [-0.4, -0.2) is 28.6 Å². The van der Waals surface area contributed by atoms with E-state index in [0.717, 1.165) is 32.1 Å². The summed E-state index contributed by atoms with van der Waals surface area (Å²) in [6, 6.07) is 5.03. The Morgan fingerprint density at radius 3 is 2.62 bits per heavy atom. The molecule has 0 saturated heterocycles. The van der Waals surface area contributed by atoms with Gasteiger partial charge in [-0.1, -0.05) is 41.3 Å². The second-order valence-corrected chi connectivity index (χ2v) is 6.86. The molecule has 1 aliphatic carbocycles. The number of hydrogen-bond donors (Lipinski definition) is 1. The summed E-state index contributed by atoms with van der Waals surface area (Å²) in [7, 11) is 1.91. The number of hydrogen-bond acceptors (Lipinski definition) is 2. The Bertz CT molecular complexity index is 515. The first-order chi connectivity index (χ1) is 9.93. The van der Waals surface area contributed by atoms with Crippen LogP contribution in [0.5, 0.6) is 0 Å². The Labute approximate surface area is 133 Å². The van der Waals surface area contributed by atoms with Crippen molar-refractivity contribution in [2.75, 3.05) is 7.05 Å². The van der Waals surface area contributed by atoms with Crippen LogP contribution in [0.25, 0.3) is 0 Å². The van der Waals surface area contributed by atoms with Crippen LogP contribution in [0.3, 0.4) is 0 Å². The summed E-state index contributed by atoms with van der Waals surface area (Å²) in [6.45, 7) is 0.437. The Kier molecular flexibility index (Phi) is 5.38. The molecule has 0 aliphatic heterocycles. The van der Waals surface area contributed by atoms with E-state index in [-0.39, 0.29) is 17.8 Å². The lowest BCUT2D eigenvalue weighted by Gasteiger charge is -2.44. The Morgan fingerprint density at radius 1 is 1.38 bits per heavy atom. The van der Waals surface area contributed by atoms with E-state index >= 15 is 0 Å². The first-order valence-corrected chi connectivity index (χ1v) is 8.09. The molecule has 0 atom stereocenters. The first-order valence-electron chi connectivity index (χ1n) is 7.30. The summed E-state index contributed by atoms with van der Waals surface area (Å²) >= 11 is 3.25. The third kappa shape index (κ3) is 4.04. The van der Waals surface area contributed by atoms with Gasteiger partial charge in [-0.15, -0.1) is 0 Å². The highest BCUT2D eigenvalue weighted by Crippen LogP contribution is 2.37. The van der Waals surface area contributed by atoms with Crippen molar-refractivity contribution in [3.05, 3.63) is 34.1 Å². The van der Waals surface area contributed by atoms with Crippen LogP contribution >= 0.6 is 15.9 Å². The summed E-state index contributed by atoms with van der Waals surface area (Å²) in [5.41, 5.74) is 0.264. The fraction of sp³-hybridized carbons (Fsp3) is 0.562. The van der Waals surface area contributed by atoms with Crippen LogP contribution in [0.15, 0.2) is 22.7 Å². The molecule has 0 aromatic heterocycles. The van der Waals surface area contributed by atoms with Gasteiger partial charge in [0.1, 0.15) is 5.82 Å². The van der Waals surface area contributed by atoms with Gasteiger partial charge >= 0.3 is 5.97 Å². The molecule has 0 radical (unpaired) electrons. The molecule has 0 bridgehead atoms. The van der Waals surface area contributed by atoms with Crippen molar-refractivity contribution in [3.8, 4) is 0 Å². The van der Waals surface area contributed by atoms with Crippen molar-refractivity contribution >= 4 is 21.9 Å². The van der Waals surface area contributed by atoms with Crippen LogP contribution in [0, 0.1) is 5.82 Å². The standard InChI is InChI=1S/C16H21BrFNO2/c1-19(11-12-5-6-13(17)9-14(12)18)16(10-15(20)21)7-3-2-4-8-16/h5-6,9H,2-4,7-8,10-11H2,1H3,(H,20,21). The molecule has 5 heteroatoms. The normalized spacial score (nSPS) is 17.9. The Morgan fingerprint density at radius 2 is 2.05 bits per heavy atom. The van der Waals surface area contributed by atoms with E-state index in [9.17, 15) is 14.3 Å². The highest BCUT2D eigenvalue weighted by atomic mass is 79.9. The molecule has 2 rings (SSSR count). The number of carboxylic acid groups (broad SMARTS) is 1. The predicted molar refractivity (Wildman–Crippen MR) is 83.6 cm³/mol. The van der Waals surface area contributed by atoms with Crippen LogP contribution in [-0.2, 0) is 11.3 Å². The molecule has 1 aliphatic rings. The number of carbonyl (C=O) groups is 1. The van der Waals surface area contributed by atoms with Gasteiger partial charge in [-0.3, -0.25) is 9.69 Å². The fourth-order valence-corrected chi connectivity index (χ4v) is 3.59.